The SMILES string of the molecule is CCCCCCCCNC(=O)CC(C)C1CCCNC1. The number of rotatable bonds is 10. The third kappa shape index (κ3) is 7.88. The standard InChI is InChI=1S/C17H34N2O/c1-3-4-5-6-7-8-12-19-17(20)13-15(2)16-10-9-11-18-14-16/h15-16,18H,3-14H2,1-2H3,(H,19,20). The number of piperidine rings is 1. The summed E-state index contributed by atoms with van der Waals surface area (Å²) in [4.78, 5) is 11.9. The molecule has 2 unspecified atom stereocenters. The number of hydrogen-bond donors (Lipinski definition) is 2. The highest BCUT2D eigenvalue weighted by molar-refractivity contribution is 5.76. The van der Waals surface area contributed by atoms with Crippen LogP contribution in [0.3, 0.4) is 0 Å². The zero-order chi connectivity index (χ0) is 14.6. The van der Waals surface area contributed by atoms with Crippen LogP contribution in [0.25, 0.3) is 0 Å². The number of hydrogen-bond acceptors (Lipinski definition) is 2. The minimum atomic E-state index is 0.247. The summed E-state index contributed by atoms with van der Waals surface area (Å²) in [6.45, 7) is 7.56. The Morgan fingerprint density at radius 3 is 2.70 bits per heavy atom. The van der Waals surface area contributed by atoms with E-state index in [-0.39, 0.29) is 5.91 Å². The molecule has 3 heteroatoms. The van der Waals surface area contributed by atoms with Crippen LogP contribution < -0.4 is 10.6 Å². The van der Waals surface area contributed by atoms with E-state index >= 15 is 0 Å². The van der Waals surface area contributed by atoms with E-state index in [2.05, 4.69) is 24.5 Å². The summed E-state index contributed by atoms with van der Waals surface area (Å²) in [5.41, 5.74) is 0. The molecule has 0 radical (unpaired) electrons. The molecule has 1 saturated heterocycles. The van der Waals surface area contributed by atoms with Crippen molar-refractivity contribution in [3.63, 3.8) is 0 Å². The Bertz CT molecular complexity index is 249. The van der Waals surface area contributed by atoms with Gasteiger partial charge in [0.1, 0.15) is 0 Å². The van der Waals surface area contributed by atoms with Crippen molar-refractivity contribution < 1.29 is 4.79 Å². The van der Waals surface area contributed by atoms with Gasteiger partial charge in [0.2, 0.25) is 5.91 Å². The van der Waals surface area contributed by atoms with Crippen LogP contribution in [0.4, 0.5) is 0 Å². The topological polar surface area (TPSA) is 41.1 Å². The third-order valence-corrected chi connectivity index (χ3v) is 4.50. The van der Waals surface area contributed by atoms with Gasteiger partial charge in [0.05, 0.1) is 0 Å². The average Bonchev–Trinajstić information content (AvgIpc) is 2.47. The summed E-state index contributed by atoms with van der Waals surface area (Å²) in [7, 11) is 0. The Labute approximate surface area is 125 Å². The molecule has 118 valence electrons. The number of nitrogens with one attached hydrogen (secondary N) is 2. The second-order valence-electron chi connectivity index (χ2n) is 6.41. The predicted molar refractivity (Wildman–Crippen MR) is 85.8 cm³/mol. The lowest BCUT2D eigenvalue weighted by Crippen LogP contribution is -2.35. The van der Waals surface area contributed by atoms with Crippen molar-refractivity contribution in [2.75, 3.05) is 19.6 Å². The van der Waals surface area contributed by atoms with Crippen molar-refractivity contribution in [1.29, 1.82) is 0 Å². The Morgan fingerprint density at radius 1 is 1.25 bits per heavy atom. The molecule has 0 spiro atoms. The number of amides is 1. The van der Waals surface area contributed by atoms with Crippen LogP contribution in [0.1, 0.15) is 71.6 Å². The maximum Gasteiger partial charge on any atom is 0.220 e. The fraction of sp³-hybridized carbons (Fsp3) is 0.941. The maximum atomic E-state index is 11.9. The molecule has 0 aromatic rings. The largest absolute Gasteiger partial charge is 0.356 e. The van der Waals surface area contributed by atoms with Gasteiger partial charge in [-0.2, -0.15) is 0 Å². The van der Waals surface area contributed by atoms with E-state index in [1.807, 2.05) is 0 Å². The van der Waals surface area contributed by atoms with Crippen molar-refractivity contribution in [2.24, 2.45) is 11.8 Å². The third-order valence-electron chi connectivity index (χ3n) is 4.50. The summed E-state index contributed by atoms with van der Waals surface area (Å²) in [6.07, 6.45) is 10.9. The first-order chi connectivity index (χ1) is 9.74. The highest BCUT2D eigenvalue weighted by Gasteiger charge is 2.21. The van der Waals surface area contributed by atoms with Crippen LogP contribution in [0.5, 0.6) is 0 Å². The minimum Gasteiger partial charge on any atom is -0.356 e. The molecule has 20 heavy (non-hydrogen) atoms. The molecule has 1 aliphatic heterocycles. The summed E-state index contributed by atoms with van der Waals surface area (Å²) < 4.78 is 0. The van der Waals surface area contributed by atoms with Gasteiger partial charge < -0.3 is 10.6 Å². The first-order valence-electron chi connectivity index (χ1n) is 8.71. The van der Waals surface area contributed by atoms with Crippen LogP contribution in [-0.4, -0.2) is 25.5 Å². The maximum absolute atomic E-state index is 11.9. The zero-order valence-electron chi connectivity index (χ0n) is 13.5. The van der Waals surface area contributed by atoms with E-state index < -0.39 is 0 Å². The Morgan fingerprint density at radius 2 is 2.00 bits per heavy atom. The fourth-order valence-electron chi connectivity index (χ4n) is 3.03. The van der Waals surface area contributed by atoms with Gasteiger partial charge in [-0.1, -0.05) is 46.0 Å². The normalized spacial score (nSPS) is 20.6. The van der Waals surface area contributed by atoms with Gasteiger partial charge in [0.15, 0.2) is 0 Å². The molecule has 0 aromatic heterocycles. The first kappa shape index (κ1) is 17.5. The van der Waals surface area contributed by atoms with Crippen LogP contribution in [0.2, 0.25) is 0 Å². The van der Waals surface area contributed by atoms with Crippen LogP contribution in [-0.2, 0) is 4.79 Å². The molecular formula is C17H34N2O. The Balaban J connectivity index is 1.99. The van der Waals surface area contributed by atoms with Gasteiger partial charge in [-0.05, 0) is 44.2 Å². The summed E-state index contributed by atoms with van der Waals surface area (Å²) >= 11 is 0. The van der Waals surface area contributed by atoms with Crippen molar-refractivity contribution in [3.8, 4) is 0 Å². The minimum absolute atomic E-state index is 0.247. The van der Waals surface area contributed by atoms with E-state index in [0.717, 1.165) is 26.1 Å². The van der Waals surface area contributed by atoms with Gasteiger partial charge in [-0.15, -0.1) is 0 Å². The molecule has 1 amide bonds. The van der Waals surface area contributed by atoms with E-state index in [9.17, 15) is 4.79 Å². The van der Waals surface area contributed by atoms with E-state index in [1.165, 1.54) is 44.9 Å². The molecule has 0 saturated carbocycles. The Kier molecular flexibility index (Phi) is 9.73. The van der Waals surface area contributed by atoms with E-state index in [4.69, 9.17) is 0 Å². The van der Waals surface area contributed by atoms with Crippen LogP contribution in [0, 0.1) is 11.8 Å². The van der Waals surface area contributed by atoms with Gasteiger partial charge >= 0.3 is 0 Å². The van der Waals surface area contributed by atoms with Gasteiger partial charge in [0.25, 0.3) is 0 Å². The predicted octanol–water partition coefficient (Wildman–Crippen LogP) is 3.49. The van der Waals surface area contributed by atoms with E-state index in [0.29, 0.717) is 18.3 Å². The van der Waals surface area contributed by atoms with Crippen molar-refractivity contribution in [3.05, 3.63) is 0 Å². The summed E-state index contributed by atoms with van der Waals surface area (Å²) in [5, 5.41) is 6.52. The molecule has 2 atom stereocenters. The fourth-order valence-corrected chi connectivity index (χ4v) is 3.03. The summed E-state index contributed by atoms with van der Waals surface area (Å²) in [5.74, 6) is 1.44. The van der Waals surface area contributed by atoms with Gasteiger partial charge in [-0.25, -0.2) is 0 Å². The monoisotopic (exact) mass is 282 g/mol. The lowest BCUT2D eigenvalue weighted by Gasteiger charge is -2.28. The second-order valence-corrected chi connectivity index (χ2v) is 6.41. The quantitative estimate of drug-likeness (QED) is 0.602. The lowest BCUT2D eigenvalue weighted by molar-refractivity contribution is -0.122. The molecule has 3 nitrogen and oxygen atoms in total. The van der Waals surface area contributed by atoms with E-state index in [1.54, 1.807) is 0 Å². The molecule has 1 rings (SSSR count). The molecule has 0 bridgehead atoms. The first-order valence-corrected chi connectivity index (χ1v) is 8.71. The smallest absolute Gasteiger partial charge is 0.220 e. The summed E-state index contributed by atoms with van der Waals surface area (Å²) in [6, 6.07) is 0. The molecule has 1 heterocycles. The van der Waals surface area contributed by atoms with Crippen molar-refractivity contribution in [1.82, 2.24) is 10.6 Å². The number of unbranched alkanes of at least 4 members (excludes halogenated alkanes) is 5. The van der Waals surface area contributed by atoms with Crippen molar-refractivity contribution >= 4 is 5.91 Å². The zero-order valence-corrected chi connectivity index (χ0v) is 13.5. The highest BCUT2D eigenvalue weighted by atomic mass is 16.1. The van der Waals surface area contributed by atoms with Crippen LogP contribution >= 0.6 is 0 Å². The number of carbonyl (C=O) groups excluding carboxylic acids is 1. The van der Waals surface area contributed by atoms with Crippen molar-refractivity contribution in [2.45, 2.75) is 71.6 Å². The molecule has 1 fully saturated rings. The molecule has 1 aliphatic rings. The molecule has 0 aliphatic carbocycles. The lowest BCUT2D eigenvalue weighted by atomic mass is 9.85. The molecule has 0 aromatic carbocycles. The van der Waals surface area contributed by atoms with Crippen LogP contribution in [0.15, 0.2) is 0 Å². The number of carbonyl (C=O) groups is 1. The molecular weight excluding hydrogens is 248 g/mol. The van der Waals surface area contributed by atoms with Gasteiger partial charge in [0, 0.05) is 13.0 Å². The Hall–Kier alpha value is -0.570. The molecule has 2 N–H and O–H groups in total. The average molecular weight is 282 g/mol. The highest BCUT2D eigenvalue weighted by Crippen LogP contribution is 2.22. The van der Waals surface area contributed by atoms with Gasteiger partial charge in [-0.3, -0.25) is 4.79 Å². The second kappa shape index (κ2) is 11.1.